The van der Waals surface area contributed by atoms with Gasteiger partial charge in [-0.05, 0) is 23.3 Å². The summed E-state index contributed by atoms with van der Waals surface area (Å²) in [7, 11) is 0. The van der Waals surface area contributed by atoms with Gasteiger partial charge in [-0.2, -0.15) is 0 Å². The monoisotopic (exact) mass is 259 g/mol. The minimum atomic E-state index is 0.574. The lowest BCUT2D eigenvalue weighted by Crippen LogP contribution is -1.98. The molecule has 3 aromatic rings. The van der Waals surface area contributed by atoms with Crippen LogP contribution in [0.1, 0.15) is 16.9 Å². The number of benzene rings is 2. The summed E-state index contributed by atoms with van der Waals surface area (Å²) in [4.78, 5) is 4.77. The second-order valence-electron chi connectivity index (χ2n) is 4.84. The number of fused-ring (bicyclic) bond motifs is 3. The van der Waals surface area contributed by atoms with Crippen LogP contribution in [-0.2, 0) is 6.54 Å². The summed E-state index contributed by atoms with van der Waals surface area (Å²) in [5.41, 5.74) is 6.01. The van der Waals surface area contributed by atoms with Crippen LogP contribution in [0.2, 0.25) is 0 Å². The maximum absolute atomic E-state index is 5.36. The molecule has 4 rings (SSSR count). The Kier molecular flexibility index (Phi) is 2.52. The third kappa shape index (κ3) is 1.69. The molecular formula is C18H13NO. The fourth-order valence-corrected chi connectivity index (χ4v) is 2.72. The average molecular weight is 259 g/mol. The van der Waals surface area contributed by atoms with E-state index in [4.69, 9.17) is 9.41 Å². The van der Waals surface area contributed by atoms with Gasteiger partial charge in [-0.1, -0.05) is 48.5 Å². The molecular weight excluding hydrogens is 246 g/mol. The van der Waals surface area contributed by atoms with Crippen LogP contribution >= 0.6 is 0 Å². The van der Waals surface area contributed by atoms with Crippen molar-refractivity contribution in [2.75, 3.05) is 0 Å². The summed E-state index contributed by atoms with van der Waals surface area (Å²) in [6, 6.07) is 20.7. The molecule has 0 radical (unpaired) electrons. The van der Waals surface area contributed by atoms with E-state index in [1.807, 2.05) is 12.1 Å². The molecule has 2 nitrogen and oxygen atoms in total. The number of nitrogens with zero attached hydrogens (tertiary/aromatic N) is 1. The molecule has 2 aromatic carbocycles. The summed E-state index contributed by atoms with van der Waals surface area (Å²) < 4.78 is 5.36. The Morgan fingerprint density at radius 2 is 1.30 bits per heavy atom. The van der Waals surface area contributed by atoms with E-state index in [2.05, 4.69) is 48.5 Å². The lowest BCUT2D eigenvalue weighted by Gasteiger charge is -2.01. The van der Waals surface area contributed by atoms with Gasteiger partial charge in [-0.3, -0.25) is 4.99 Å². The average Bonchev–Trinajstić information content (AvgIpc) is 3.11. The van der Waals surface area contributed by atoms with Gasteiger partial charge in [0.15, 0.2) is 0 Å². The molecule has 0 amide bonds. The van der Waals surface area contributed by atoms with Crippen LogP contribution in [0.15, 0.2) is 76.3 Å². The van der Waals surface area contributed by atoms with E-state index in [1.54, 1.807) is 6.26 Å². The van der Waals surface area contributed by atoms with Crippen LogP contribution in [-0.4, -0.2) is 5.71 Å². The summed E-state index contributed by atoms with van der Waals surface area (Å²) in [6.07, 6.45) is 1.69. The van der Waals surface area contributed by atoms with E-state index >= 15 is 0 Å². The molecule has 0 fully saturated rings. The predicted octanol–water partition coefficient (Wildman–Crippen LogP) is 4.30. The SMILES string of the molecule is c1coc(CN=C2c3ccccc3-c3ccccc32)c1. The van der Waals surface area contributed by atoms with Gasteiger partial charge >= 0.3 is 0 Å². The third-order valence-corrected chi connectivity index (χ3v) is 3.63. The highest BCUT2D eigenvalue weighted by molar-refractivity contribution is 6.24. The van der Waals surface area contributed by atoms with Crippen molar-refractivity contribution >= 4 is 5.71 Å². The number of hydrogen-bond acceptors (Lipinski definition) is 2. The molecule has 0 bridgehead atoms. The first kappa shape index (κ1) is 11.2. The van der Waals surface area contributed by atoms with Crippen LogP contribution in [0.4, 0.5) is 0 Å². The van der Waals surface area contributed by atoms with Gasteiger partial charge in [0.1, 0.15) is 5.76 Å². The van der Waals surface area contributed by atoms with Crippen LogP contribution in [0.3, 0.4) is 0 Å². The molecule has 0 unspecified atom stereocenters. The van der Waals surface area contributed by atoms with Crippen LogP contribution < -0.4 is 0 Å². The van der Waals surface area contributed by atoms with Gasteiger partial charge < -0.3 is 4.42 Å². The molecule has 96 valence electrons. The second-order valence-corrected chi connectivity index (χ2v) is 4.84. The van der Waals surface area contributed by atoms with E-state index in [9.17, 15) is 0 Å². The van der Waals surface area contributed by atoms with Crippen molar-refractivity contribution in [3.05, 3.63) is 83.8 Å². The Morgan fingerprint density at radius 3 is 1.85 bits per heavy atom. The van der Waals surface area contributed by atoms with E-state index in [1.165, 1.54) is 22.3 Å². The lowest BCUT2D eigenvalue weighted by molar-refractivity contribution is 0.513. The van der Waals surface area contributed by atoms with Gasteiger partial charge in [0.2, 0.25) is 0 Å². The van der Waals surface area contributed by atoms with Gasteiger partial charge in [-0.25, -0.2) is 0 Å². The first-order chi connectivity index (χ1) is 9.93. The van der Waals surface area contributed by atoms with Crippen LogP contribution in [0, 0.1) is 0 Å². The number of rotatable bonds is 2. The van der Waals surface area contributed by atoms with Crippen molar-refractivity contribution in [3.63, 3.8) is 0 Å². The van der Waals surface area contributed by atoms with Gasteiger partial charge in [0, 0.05) is 11.1 Å². The van der Waals surface area contributed by atoms with Crippen molar-refractivity contribution < 1.29 is 4.42 Å². The lowest BCUT2D eigenvalue weighted by atomic mass is 10.1. The van der Waals surface area contributed by atoms with Crippen molar-refractivity contribution in [1.82, 2.24) is 0 Å². The highest BCUT2D eigenvalue weighted by Crippen LogP contribution is 2.36. The van der Waals surface area contributed by atoms with E-state index in [0.29, 0.717) is 6.54 Å². The molecule has 0 N–H and O–H groups in total. The van der Waals surface area contributed by atoms with Crippen molar-refractivity contribution in [1.29, 1.82) is 0 Å². The smallest absolute Gasteiger partial charge is 0.125 e. The quantitative estimate of drug-likeness (QED) is 0.527. The number of hydrogen-bond donors (Lipinski definition) is 0. The highest BCUT2D eigenvalue weighted by Gasteiger charge is 2.23. The summed E-state index contributed by atoms with van der Waals surface area (Å²) in [6.45, 7) is 0.574. The topological polar surface area (TPSA) is 25.5 Å². The van der Waals surface area contributed by atoms with E-state index in [0.717, 1.165) is 11.5 Å². The maximum Gasteiger partial charge on any atom is 0.125 e. The second kappa shape index (κ2) is 4.49. The minimum absolute atomic E-state index is 0.574. The summed E-state index contributed by atoms with van der Waals surface area (Å²) in [5, 5.41) is 0. The normalized spacial score (nSPS) is 12.1. The fraction of sp³-hybridized carbons (Fsp3) is 0.0556. The maximum atomic E-state index is 5.36. The highest BCUT2D eigenvalue weighted by atomic mass is 16.3. The zero-order valence-corrected chi connectivity index (χ0v) is 10.9. The van der Waals surface area contributed by atoms with Crippen LogP contribution in [0.25, 0.3) is 11.1 Å². The molecule has 20 heavy (non-hydrogen) atoms. The Balaban J connectivity index is 1.85. The Morgan fingerprint density at radius 1 is 0.700 bits per heavy atom. The molecule has 2 heteroatoms. The standard InChI is InChI=1S/C18H13NO/c1-3-9-16-14(7-1)15-8-2-4-10-17(15)18(16)19-12-13-6-5-11-20-13/h1-11H,12H2. The fourth-order valence-electron chi connectivity index (χ4n) is 2.72. The Hall–Kier alpha value is -2.61. The van der Waals surface area contributed by atoms with E-state index in [-0.39, 0.29) is 0 Å². The molecule has 1 heterocycles. The first-order valence-corrected chi connectivity index (χ1v) is 6.69. The molecule has 0 aliphatic heterocycles. The van der Waals surface area contributed by atoms with Gasteiger partial charge in [-0.15, -0.1) is 0 Å². The zero-order valence-electron chi connectivity index (χ0n) is 10.9. The summed E-state index contributed by atoms with van der Waals surface area (Å²) >= 11 is 0. The molecule has 1 aromatic heterocycles. The number of aliphatic imine (C=N–C) groups is 1. The van der Waals surface area contributed by atoms with Gasteiger partial charge in [0.05, 0.1) is 18.5 Å². The van der Waals surface area contributed by atoms with E-state index < -0.39 is 0 Å². The number of furan rings is 1. The molecule has 0 spiro atoms. The Bertz CT molecular complexity index is 737. The van der Waals surface area contributed by atoms with Crippen molar-refractivity contribution in [3.8, 4) is 11.1 Å². The van der Waals surface area contributed by atoms with Crippen molar-refractivity contribution in [2.45, 2.75) is 6.54 Å². The molecule has 0 saturated heterocycles. The van der Waals surface area contributed by atoms with Crippen molar-refractivity contribution in [2.24, 2.45) is 4.99 Å². The first-order valence-electron chi connectivity index (χ1n) is 6.69. The predicted molar refractivity (Wildman–Crippen MR) is 79.9 cm³/mol. The van der Waals surface area contributed by atoms with Crippen LogP contribution in [0.5, 0.6) is 0 Å². The zero-order chi connectivity index (χ0) is 13.4. The summed E-state index contributed by atoms with van der Waals surface area (Å²) in [5.74, 6) is 0.888. The molecule has 0 atom stereocenters. The minimum Gasteiger partial charge on any atom is -0.467 e. The largest absolute Gasteiger partial charge is 0.467 e. The molecule has 1 aliphatic rings. The molecule has 1 aliphatic carbocycles. The van der Waals surface area contributed by atoms with Gasteiger partial charge in [0.25, 0.3) is 0 Å². The third-order valence-electron chi connectivity index (χ3n) is 3.63. The molecule has 0 saturated carbocycles. The Labute approximate surface area is 117 Å².